The van der Waals surface area contributed by atoms with E-state index in [2.05, 4.69) is 0 Å². The van der Waals surface area contributed by atoms with Crippen LogP contribution in [0.1, 0.15) is 44.2 Å². The molecule has 10 nitrogen and oxygen atoms in total. The van der Waals surface area contributed by atoms with Crippen molar-refractivity contribution in [3.63, 3.8) is 0 Å². The zero-order valence-electron chi connectivity index (χ0n) is 22.7. The predicted octanol–water partition coefficient (Wildman–Crippen LogP) is 4.27. The van der Waals surface area contributed by atoms with E-state index in [9.17, 15) is 13.2 Å². The number of hydrogen-bond donors (Lipinski definition) is 3. The monoisotopic (exact) mass is 589 g/mol. The second-order valence-electron chi connectivity index (χ2n) is 9.25. The molecule has 1 aliphatic rings. The van der Waals surface area contributed by atoms with Crippen LogP contribution in [0.25, 0.3) is 6.08 Å². The molecule has 216 valence electrons. The molecule has 3 rings (SSSR count). The number of nitrogens with two attached hydrogens (primary N) is 1. The lowest BCUT2D eigenvalue weighted by Crippen LogP contribution is -2.41. The second kappa shape index (κ2) is 14.2. The molecular formula is C28H36ClN5O5S. The molecule has 1 fully saturated rings. The second-order valence-corrected chi connectivity index (χ2v) is 11.6. The molecule has 2 aromatic rings. The van der Waals surface area contributed by atoms with Crippen LogP contribution in [-0.2, 0) is 19.6 Å². The first kappa shape index (κ1) is 31.0. The van der Waals surface area contributed by atoms with Crippen LogP contribution in [-0.4, -0.2) is 69.1 Å². The van der Waals surface area contributed by atoms with E-state index < -0.39 is 21.7 Å². The fourth-order valence-electron chi connectivity index (χ4n) is 4.29. The number of hydrogen-bond acceptors (Lipinski definition) is 7. The molecule has 1 heterocycles. The van der Waals surface area contributed by atoms with Gasteiger partial charge in [0.05, 0.1) is 29.7 Å². The quantitative estimate of drug-likeness (QED) is 0.190. The van der Waals surface area contributed by atoms with Crippen molar-refractivity contribution in [2.45, 2.75) is 39.2 Å². The highest BCUT2D eigenvalue weighted by Gasteiger charge is 2.27. The maximum atomic E-state index is 13.3. The Hall–Kier alpha value is -3.57. The van der Waals surface area contributed by atoms with Gasteiger partial charge in [0.2, 0.25) is 10.0 Å². The van der Waals surface area contributed by atoms with Crippen molar-refractivity contribution in [1.82, 2.24) is 4.90 Å². The fourth-order valence-corrected chi connectivity index (χ4v) is 5.79. The largest absolute Gasteiger partial charge is 0.489 e. The first-order valence-electron chi connectivity index (χ1n) is 13.1. The fraction of sp³-hybridized carbons (Fsp3) is 0.393. The number of amidine groups is 2. The number of rotatable bonds is 12. The molecule has 40 heavy (non-hydrogen) atoms. The number of piperidine rings is 1. The molecule has 1 saturated heterocycles. The number of nitrogens with zero attached hydrogens (tertiary/aromatic N) is 2. The molecule has 0 saturated carbocycles. The summed E-state index contributed by atoms with van der Waals surface area (Å²) in [5, 5.41) is 15.9. The summed E-state index contributed by atoms with van der Waals surface area (Å²) in [5.41, 5.74) is 7.12. The van der Waals surface area contributed by atoms with Gasteiger partial charge in [-0.1, -0.05) is 48.9 Å². The van der Waals surface area contributed by atoms with Gasteiger partial charge >= 0.3 is 5.97 Å². The van der Waals surface area contributed by atoms with Crippen LogP contribution in [0.3, 0.4) is 0 Å². The number of likely N-dealkylation sites (tertiary alicyclic amines) is 1. The zero-order valence-corrected chi connectivity index (χ0v) is 24.3. The number of anilines is 1. The van der Waals surface area contributed by atoms with Crippen molar-refractivity contribution >= 4 is 51.0 Å². The number of carbonyl (C=O) groups excluding carboxylic acids is 1. The predicted molar refractivity (Wildman–Crippen MR) is 159 cm³/mol. The Bertz CT molecular complexity index is 1360. The average Bonchev–Trinajstić information content (AvgIpc) is 2.92. The summed E-state index contributed by atoms with van der Waals surface area (Å²) < 4.78 is 38.6. The zero-order chi connectivity index (χ0) is 29.3. The lowest BCUT2D eigenvalue weighted by molar-refractivity contribution is -0.139. The van der Waals surface area contributed by atoms with E-state index in [1.165, 1.54) is 6.07 Å². The first-order valence-corrected chi connectivity index (χ1v) is 15.1. The van der Waals surface area contributed by atoms with Crippen LogP contribution in [0, 0.1) is 10.8 Å². The third-order valence-electron chi connectivity index (χ3n) is 6.38. The number of benzene rings is 2. The summed E-state index contributed by atoms with van der Waals surface area (Å²) in [6.07, 6.45) is 5.47. The van der Waals surface area contributed by atoms with Crippen molar-refractivity contribution in [2.24, 2.45) is 5.73 Å². The van der Waals surface area contributed by atoms with Crippen LogP contribution >= 0.6 is 11.6 Å². The SMILES string of the molecule is CCOC(=O)CS(=O)(=O)N(C/C=C/c1cccc(C(=N)N)c1)c1ccc(OC2CCN(C(=N)CC)CC2)c(Cl)c1. The molecule has 0 spiro atoms. The Morgan fingerprint density at radius 2 is 1.90 bits per heavy atom. The molecule has 12 heteroatoms. The van der Waals surface area contributed by atoms with Gasteiger partial charge in [0, 0.05) is 37.9 Å². The van der Waals surface area contributed by atoms with Crippen LogP contribution in [0.4, 0.5) is 5.69 Å². The van der Waals surface area contributed by atoms with Crippen molar-refractivity contribution in [2.75, 3.05) is 36.3 Å². The van der Waals surface area contributed by atoms with Gasteiger partial charge in [-0.15, -0.1) is 0 Å². The number of sulfonamides is 1. The molecule has 0 unspecified atom stereocenters. The normalized spacial score (nSPS) is 14.2. The van der Waals surface area contributed by atoms with E-state index in [0.717, 1.165) is 35.8 Å². The van der Waals surface area contributed by atoms with Crippen molar-refractivity contribution in [3.8, 4) is 5.75 Å². The smallest absolute Gasteiger partial charge is 0.323 e. The van der Waals surface area contributed by atoms with Gasteiger partial charge in [-0.2, -0.15) is 0 Å². The standard InChI is InChI=1S/C28H36ClN5O5S/c1-3-26(30)33-15-12-23(13-16-33)39-25-11-10-22(18-24(25)29)34(40(36,37)19-27(35)38-4-2)14-6-8-20-7-5-9-21(17-20)28(31)32/h5-11,17-18,23,30H,3-4,12-16,19H2,1-2H3,(H3,31,32)/b8-6+,30-26?. The minimum atomic E-state index is -4.12. The maximum Gasteiger partial charge on any atom is 0.323 e. The topological polar surface area (TPSA) is 150 Å². The molecular weight excluding hydrogens is 554 g/mol. The van der Waals surface area contributed by atoms with Crippen LogP contribution in [0.5, 0.6) is 5.75 Å². The lowest BCUT2D eigenvalue weighted by Gasteiger charge is -2.33. The summed E-state index contributed by atoms with van der Waals surface area (Å²) in [4.78, 5) is 14.1. The Labute approximate surface area is 240 Å². The Morgan fingerprint density at radius 1 is 1.18 bits per heavy atom. The van der Waals surface area contributed by atoms with E-state index in [1.54, 1.807) is 55.5 Å². The van der Waals surface area contributed by atoms with Gasteiger partial charge in [0.1, 0.15) is 17.7 Å². The molecule has 4 N–H and O–H groups in total. The van der Waals surface area contributed by atoms with Crippen LogP contribution in [0.15, 0.2) is 48.5 Å². The summed E-state index contributed by atoms with van der Waals surface area (Å²) >= 11 is 6.54. The summed E-state index contributed by atoms with van der Waals surface area (Å²) in [6, 6.07) is 11.7. The number of esters is 1. The number of ether oxygens (including phenoxy) is 2. The molecule has 0 radical (unpaired) electrons. The van der Waals surface area contributed by atoms with E-state index in [4.69, 9.17) is 37.6 Å². The lowest BCUT2D eigenvalue weighted by atomic mass is 10.1. The minimum Gasteiger partial charge on any atom is -0.489 e. The van der Waals surface area contributed by atoms with Gasteiger partial charge in [0.15, 0.2) is 5.75 Å². The molecule has 1 aliphatic heterocycles. The average molecular weight is 590 g/mol. The van der Waals surface area contributed by atoms with Crippen LogP contribution in [0.2, 0.25) is 5.02 Å². The highest BCUT2D eigenvalue weighted by atomic mass is 35.5. The number of halogens is 1. The molecule has 2 aromatic carbocycles. The van der Waals surface area contributed by atoms with E-state index in [0.29, 0.717) is 23.6 Å². The van der Waals surface area contributed by atoms with Crippen molar-refractivity contribution in [1.29, 1.82) is 10.8 Å². The Kier molecular flexibility index (Phi) is 11.0. The molecule has 0 aliphatic carbocycles. The van der Waals surface area contributed by atoms with Gasteiger partial charge in [-0.25, -0.2) is 8.42 Å². The molecule has 0 amide bonds. The third kappa shape index (κ3) is 8.46. The van der Waals surface area contributed by atoms with E-state index in [-0.39, 0.29) is 35.8 Å². The summed E-state index contributed by atoms with van der Waals surface area (Å²) in [7, 11) is -4.12. The van der Waals surface area contributed by atoms with E-state index >= 15 is 0 Å². The Balaban J connectivity index is 1.80. The Morgan fingerprint density at radius 3 is 2.52 bits per heavy atom. The number of nitrogen functional groups attached to an aromatic ring is 1. The third-order valence-corrected chi connectivity index (χ3v) is 8.30. The van der Waals surface area contributed by atoms with Gasteiger partial charge < -0.3 is 20.1 Å². The molecule has 0 aromatic heterocycles. The summed E-state index contributed by atoms with van der Waals surface area (Å²) in [6.45, 7) is 5.02. The van der Waals surface area contributed by atoms with Gasteiger partial charge in [-0.05, 0) is 36.8 Å². The minimum absolute atomic E-state index is 0.0666. The first-order chi connectivity index (χ1) is 19.0. The van der Waals surface area contributed by atoms with Gasteiger partial charge in [0.25, 0.3) is 0 Å². The molecule has 0 atom stereocenters. The molecule has 0 bridgehead atoms. The number of nitrogens with one attached hydrogen (secondary N) is 2. The van der Waals surface area contributed by atoms with Crippen LogP contribution < -0.4 is 14.8 Å². The summed E-state index contributed by atoms with van der Waals surface area (Å²) in [5.74, 6) is -0.689. The maximum absolute atomic E-state index is 13.3. The number of carbonyl (C=O) groups is 1. The van der Waals surface area contributed by atoms with E-state index in [1.807, 2.05) is 11.8 Å². The van der Waals surface area contributed by atoms with Gasteiger partial charge in [-0.3, -0.25) is 19.9 Å². The van der Waals surface area contributed by atoms with Crippen molar-refractivity contribution < 1.29 is 22.7 Å². The van der Waals surface area contributed by atoms with Crippen molar-refractivity contribution in [3.05, 3.63) is 64.7 Å². The highest BCUT2D eigenvalue weighted by Crippen LogP contribution is 2.33. The highest BCUT2D eigenvalue weighted by molar-refractivity contribution is 7.93.